The second kappa shape index (κ2) is 4.72. The Kier molecular flexibility index (Phi) is 3.86. The van der Waals surface area contributed by atoms with Crippen molar-refractivity contribution >= 4 is 21.6 Å². The van der Waals surface area contributed by atoms with Crippen LogP contribution in [-0.4, -0.2) is 15.2 Å². The van der Waals surface area contributed by atoms with E-state index < -0.39 is 0 Å². The monoisotopic (exact) mass is 188 g/mol. The van der Waals surface area contributed by atoms with Crippen LogP contribution in [0.3, 0.4) is 0 Å². The molecule has 0 aliphatic heterocycles. The predicted molar refractivity (Wildman–Crippen MR) is 51.8 cm³/mol. The number of aromatic nitrogens is 2. The van der Waals surface area contributed by atoms with Gasteiger partial charge in [0.25, 0.3) is 0 Å². The van der Waals surface area contributed by atoms with Crippen LogP contribution in [-0.2, 0) is 0 Å². The molecular weight excluding hydrogens is 176 g/mol. The maximum atomic E-state index is 4.11. The van der Waals surface area contributed by atoms with Gasteiger partial charge in [0.1, 0.15) is 0 Å². The van der Waals surface area contributed by atoms with Gasteiger partial charge in [-0.1, -0.05) is 24.6 Å². The van der Waals surface area contributed by atoms with Crippen molar-refractivity contribution in [2.24, 2.45) is 0 Å². The SMILES string of the molecule is CC[C@H](C)SSc1ncc[nH]1. The van der Waals surface area contributed by atoms with Gasteiger partial charge in [-0.05, 0) is 17.2 Å². The Morgan fingerprint density at radius 1 is 1.73 bits per heavy atom. The third kappa shape index (κ3) is 3.20. The molecule has 2 nitrogen and oxygen atoms in total. The zero-order chi connectivity index (χ0) is 8.10. The Hall–Kier alpha value is -0.0900. The van der Waals surface area contributed by atoms with Gasteiger partial charge in [-0.2, -0.15) is 0 Å². The molecule has 4 heteroatoms. The van der Waals surface area contributed by atoms with E-state index in [1.165, 1.54) is 6.42 Å². The summed E-state index contributed by atoms with van der Waals surface area (Å²) in [7, 11) is 3.57. The van der Waals surface area contributed by atoms with Crippen LogP contribution >= 0.6 is 21.6 Å². The maximum absolute atomic E-state index is 4.11. The molecule has 0 aromatic carbocycles. The smallest absolute Gasteiger partial charge is 0.176 e. The lowest BCUT2D eigenvalue weighted by atomic mass is 10.4. The molecule has 0 bridgehead atoms. The van der Waals surface area contributed by atoms with Crippen molar-refractivity contribution in [3.05, 3.63) is 12.4 Å². The second-order valence-corrected chi connectivity index (χ2v) is 4.92. The van der Waals surface area contributed by atoms with Crippen molar-refractivity contribution in [1.29, 1.82) is 0 Å². The normalized spacial score (nSPS) is 13.3. The highest BCUT2D eigenvalue weighted by molar-refractivity contribution is 8.76. The summed E-state index contributed by atoms with van der Waals surface area (Å²) in [5.41, 5.74) is 0. The van der Waals surface area contributed by atoms with Crippen LogP contribution in [0.4, 0.5) is 0 Å². The number of hydrogen-bond acceptors (Lipinski definition) is 3. The standard InChI is InChI=1S/C7H12N2S2/c1-3-6(2)10-11-7-8-4-5-9-7/h4-6H,3H2,1-2H3,(H,8,9)/t6-/m0/s1. The molecule has 1 aromatic rings. The summed E-state index contributed by atoms with van der Waals surface area (Å²) < 4.78 is 0. The molecule has 0 aliphatic carbocycles. The number of hydrogen-bond donors (Lipinski definition) is 1. The first kappa shape index (κ1) is 9.00. The first-order valence-corrected chi connectivity index (χ1v) is 5.87. The third-order valence-electron chi connectivity index (χ3n) is 1.34. The van der Waals surface area contributed by atoms with Gasteiger partial charge in [-0.15, -0.1) is 0 Å². The van der Waals surface area contributed by atoms with Gasteiger partial charge in [0.2, 0.25) is 0 Å². The van der Waals surface area contributed by atoms with E-state index in [0.29, 0.717) is 5.25 Å². The summed E-state index contributed by atoms with van der Waals surface area (Å²) in [6.07, 6.45) is 4.83. The lowest BCUT2D eigenvalue weighted by Crippen LogP contribution is -1.88. The highest BCUT2D eigenvalue weighted by Gasteiger charge is 2.01. The van der Waals surface area contributed by atoms with E-state index in [1.54, 1.807) is 17.0 Å². The molecule has 1 rings (SSSR count). The van der Waals surface area contributed by atoms with Crippen LogP contribution < -0.4 is 0 Å². The molecule has 0 unspecified atom stereocenters. The Balaban J connectivity index is 2.23. The van der Waals surface area contributed by atoms with Crippen LogP contribution in [0.5, 0.6) is 0 Å². The van der Waals surface area contributed by atoms with Crippen molar-refractivity contribution in [1.82, 2.24) is 9.97 Å². The van der Waals surface area contributed by atoms with Crippen LogP contribution in [0, 0.1) is 0 Å². The molecule has 0 spiro atoms. The minimum absolute atomic E-state index is 0.699. The largest absolute Gasteiger partial charge is 0.339 e. The van der Waals surface area contributed by atoms with E-state index >= 15 is 0 Å². The van der Waals surface area contributed by atoms with Gasteiger partial charge in [0.15, 0.2) is 5.16 Å². The molecule has 11 heavy (non-hydrogen) atoms. The molecule has 1 heterocycles. The topological polar surface area (TPSA) is 28.7 Å². The van der Waals surface area contributed by atoms with E-state index in [2.05, 4.69) is 23.8 Å². The average molecular weight is 188 g/mol. The van der Waals surface area contributed by atoms with Gasteiger partial charge < -0.3 is 4.98 Å². The van der Waals surface area contributed by atoms with Gasteiger partial charge in [0.05, 0.1) is 0 Å². The molecular formula is C7H12N2S2. The van der Waals surface area contributed by atoms with E-state index in [-0.39, 0.29) is 0 Å². The van der Waals surface area contributed by atoms with E-state index in [9.17, 15) is 0 Å². The number of nitrogens with zero attached hydrogens (tertiary/aromatic N) is 1. The summed E-state index contributed by atoms with van der Waals surface area (Å²) in [6, 6.07) is 0. The highest BCUT2D eigenvalue weighted by Crippen LogP contribution is 2.32. The van der Waals surface area contributed by atoms with Crippen molar-refractivity contribution in [3.63, 3.8) is 0 Å². The van der Waals surface area contributed by atoms with Crippen molar-refractivity contribution in [3.8, 4) is 0 Å². The first-order valence-electron chi connectivity index (χ1n) is 3.65. The first-order chi connectivity index (χ1) is 5.33. The van der Waals surface area contributed by atoms with Crippen LogP contribution in [0.1, 0.15) is 20.3 Å². The number of H-pyrrole nitrogens is 1. The summed E-state index contributed by atoms with van der Waals surface area (Å²) >= 11 is 0. The summed E-state index contributed by atoms with van der Waals surface area (Å²) in [5.74, 6) is 0. The number of aromatic amines is 1. The van der Waals surface area contributed by atoms with E-state index in [1.807, 2.05) is 17.0 Å². The zero-order valence-electron chi connectivity index (χ0n) is 6.70. The molecule has 1 N–H and O–H groups in total. The minimum Gasteiger partial charge on any atom is -0.339 e. The third-order valence-corrected chi connectivity index (χ3v) is 4.23. The summed E-state index contributed by atoms with van der Waals surface area (Å²) in [5, 5.41) is 1.69. The number of nitrogens with one attached hydrogen (secondary N) is 1. The Labute approximate surface area is 75.0 Å². The molecule has 0 saturated heterocycles. The van der Waals surface area contributed by atoms with Gasteiger partial charge in [-0.25, -0.2) is 4.98 Å². The van der Waals surface area contributed by atoms with Gasteiger partial charge in [-0.3, -0.25) is 0 Å². The minimum atomic E-state index is 0.699. The predicted octanol–water partition coefficient (Wildman–Crippen LogP) is 2.95. The molecule has 1 atom stereocenters. The molecule has 62 valence electrons. The lowest BCUT2D eigenvalue weighted by Gasteiger charge is -2.03. The fourth-order valence-electron chi connectivity index (χ4n) is 0.492. The summed E-state index contributed by atoms with van der Waals surface area (Å²) in [4.78, 5) is 7.16. The zero-order valence-corrected chi connectivity index (χ0v) is 8.34. The van der Waals surface area contributed by atoms with Gasteiger partial charge >= 0.3 is 0 Å². The molecule has 0 aliphatic rings. The lowest BCUT2D eigenvalue weighted by molar-refractivity contribution is 0.912. The van der Waals surface area contributed by atoms with Crippen LogP contribution in [0.2, 0.25) is 0 Å². The Morgan fingerprint density at radius 2 is 2.55 bits per heavy atom. The fourth-order valence-corrected chi connectivity index (χ4v) is 2.55. The number of imidazole rings is 1. The molecule has 0 saturated carbocycles. The molecule has 0 fully saturated rings. The molecule has 1 aromatic heterocycles. The van der Waals surface area contributed by atoms with Crippen molar-refractivity contribution in [2.45, 2.75) is 30.7 Å². The Morgan fingerprint density at radius 3 is 3.09 bits per heavy atom. The highest BCUT2D eigenvalue weighted by atomic mass is 33.1. The maximum Gasteiger partial charge on any atom is 0.176 e. The second-order valence-electron chi connectivity index (χ2n) is 2.29. The molecule has 0 radical (unpaired) electrons. The quantitative estimate of drug-likeness (QED) is 0.736. The Bertz CT molecular complexity index is 186. The van der Waals surface area contributed by atoms with Gasteiger partial charge in [0, 0.05) is 17.6 Å². The van der Waals surface area contributed by atoms with E-state index in [0.717, 1.165) is 5.16 Å². The average Bonchev–Trinajstić information content (AvgIpc) is 2.52. The fraction of sp³-hybridized carbons (Fsp3) is 0.571. The summed E-state index contributed by atoms with van der Waals surface area (Å²) in [6.45, 7) is 4.42. The van der Waals surface area contributed by atoms with Crippen LogP contribution in [0.25, 0.3) is 0 Å². The van der Waals surface area contributed by atoms with Crippen molar-refractivity contribution in [2.75, 3.05) is 0 Å². The molecule has 0 amide bonds. The van der Waals surface area contributed by atoms with Crippen molar-refractivity contribution < 1.29 is 0 Å². The van der Waals surface area contributed by atoms with E-state index in [4.69, 9.17) is 0 Å². The number of rotatable bonds is 4. The van der Waals surface area contributed by atoms with Crippen LogP contribution in [0.15, 0.2) is 17.6 Å².